The van der Waals surface area contributed by atoms with Crippen molar-refractivity contribution in [3.63, 3.8) is 0 Å². The van der Waals surface area contributed by atoms with Crippen LogP contribution in [0.25, 0.3) is 0 Å². The van der Waals surface area contributed by atoms with Gasteiger partial charge in [-0.1, -0.05) is 0 Å². The molecule has 0 bridgehead atoms. The number of hydrogen-bond donors (Lipinski definition) is 2. The Balaban J connectivity index is 2.91. The molecule has 1 saturated heterocycles. The molecule has 1 fully saturated rings. The monoisotopic (exact) mass is 174 g/mol. The lowest BCUT2D eigenvalue weighted by molar-refractivity contribution is -0.226. The normalized spacial score (nSPS) is 31.3. The molecule has 6 heteroatoms. The molecule has 1 rings (SSSR count). The predicted octanol–water partition coefficient (Wildman–Crippen LogP) is -0.787. The van der Waals surface area contributed by atoms with Gasteiger partial charge in [0.1, 0.15) is 12.1 Å². The first-order chi connectivity index (χ1) is 5.46. The summed E-state index contributed by atoms with van der Waals surface area (Å²) in [6.45, 7) is 2.66. The van der Waals surface area contributed by atoms with Gasteiger partial charge in [0.25, 0.3) is 11.8 Å². The van der Waals surface area contributed by atoms with E-state index in [1.807, 2.05) is 0 Å². The second-order valence-electron chi connectivity index (χ2n) is 2.72. The maximum Gasteiger partial charge on any atom is 0.271 e. The summed E-state index contributed by atoms with van der Waals surface area (Å²) in [5, 5.41) is 18.7. The number of hydroxylamine groups is 4. The molecule has 0 aliphatic carbocycles. The second kappa shape index (κ2) is 2.72. The number of hydrogen-bond acceptors (Lipinski definition) is 4. The molecule has 0 aromatic rings. The summed E-state index contributed by atoms with van der Waals surface area (Å²) in [4.78, 5) is 22.0. The van der Waals surface area contributed by atoms with Gasteiger partial charge in [0.05, 0.1) is 0 Å². The molecule has 1 heterocycles. The Morgan fingerprint density at radius 3 is 1.50 bits per heavy atom. The predicted molar refractivity (Wildman–Crippen MR) is 36.2 cm³/mol. The summed E-state index contributed by atoms with van der Waals surface area (Å²) >= 11 is 0. The average Bonchev–Trinajstić information content (AvgIpc) is 2.08. The topological polar surface area (TPSA) is 81.1 Å². The molecule has 0 unspecified atom stereocenters. The fraction of sp³-hybridized carbons (Fsp3) is 0.667. The molecule has 1 aliphatic heterocycles. The van der Waals surface area contributed by atoms with Crippen molar-refractivity contribution in [3.05, 3.63) is 0 Å². The van der Waals surface area contributed by atoms with E-state index in [1.165, 1.54) is 13.8 Å². The van der Waals surface area contributed by atoms with Crippen LogP contribution in [0.15, 0.2) is 0 Å². The number of amides is 2. The van der Waals surface area contributed by atoms with E-state index in [2.05, 4.69) is 0 Å². The Morgan fingerprint density at radius 2 is 1.25 bits per heavy atom. The molecule has 2 atom stereocenters. The van der Waals surface area contributed by atoms with Gasteiger partial charge in [-0.2, -0.15) is 0 Å². The number of carbonyl (C=O) groups excluding carboxylic acids is 2. The van der Waals surface area contributed by atoms with E-state index >= 15 is 0 Å². The molecule has 1 aliphatic rings. The fourth-order valence-corrected chi connectivity index (χ4v) is 0.974. The Morgan fingerprint density at radius 1 is 1.00 bits per heavy atom. The first-order valence-corrected chi connectivity index (χ1v) is 3.50. The molecule has 0 spiro atoms. The molecule has 2 N–H and O–H groups in total. The van der Waals surface area contributed by atoms with E-state index in [4.69, 9.17) is 10.4 Å². The molecule has 6 nitrogen and oxygen atoms in total. The van der Waals surface area contributed by atoms with Gasteiger partial charge in [-0.25, -0.2) is 10.1 Å². The van der Waals surface area contributed by atoms with Crippen molar-refractivity contribution in [3.8, 4) is 0 Å². The Bertz CT molecular complexity index is 186. The van der Waals surface area contributed by atoms with E-state index < -0.39 is 23.9 Å². The molecule has 0 aromatic heterocycles. The summed E-state index contributed by atoms with van der Waals surface area (Å²) in [6, 6.07) is -2.03. The highest BCUT2D eigenvalue weighted by Crippen LogP contribution is 2.13. The quantitative estimate of drug-likeness (QED) is 0.472. The van der Waals surface area contributed by atoms with Crippen LogP contribution in [0.2, 0.25) is 0 Å². The maximum atomic E-state index is 11.0. The van der Waals surface area contributed by atoms with Gasteiger partial charge >= 0.3 is 0 Å². The van der Waals surface area contributed by atoms with Crippen molar-refractivity contribution in [2.75, 3.05) is 0 Å². The standard InChI is InChI=1S/C6H10N2O4/c1-3-5(9)8(12)4(2)6(10)7(3)11/h3-4,11-12H,1-2H3/t3-,4-/m0/s1. The van der Waals surface area contributed by atoms with Gasteiger partial charge < -0.3 is 0 Å². The highest BCUT2D eigenvalue weighted by atomic mass is 16.5. The van der Waals surface area contributed by atoms with Crippen molar-refractivity contribution in [1.29, 1.82) is 0 Å². The minimum absolute atomic E-state index is 0.333. The zero-order chi connectivity index (χ0) is 9.46. The third kappa shape index (κ3) is 1.05. The minimum Gasteiger partial charge on any atom is -0.285 e. The van der Waals surface area contributed by atoms with Crippen molar-refractivity contribution < 1.29 is 20.0 Å². The number of piperazine rings is 1. The third-order valence-corrected chi connectivity index (χ3v) is 1.90. The van der Waals surface area contributed by atoms with Crippen molar-refractivity contribution >= 4 is 11.8 Å². The van der Waals surface area contributed by atoms with E-state index in [0.717, 1.165) is 0 Å². The summed E-state index contributed by atoms with van der Waals surface area (Å²) in [7, 11) is 0. The minimum atomic E-state index is -1.02. The van der Waals surface area contributed by atoms with Gasteiger partial charge in [0, 0.05) is 0 Å². The first-order valence-electron chi connectivity index (χ1n) is 3.50. The van der Waals surface area contributed by atoms with Gasteiger partial charge in [-0.15, -0.1) is 0 Å². The highest BCUT2D eigenvalue weighted by molar-refractivity contribution is 5.94. The second-order valence-corrected chi connectivity index (χ2v) is 2.72. The van der Waals surface area contributed by atoms with Crippen LogP contribution in [-0.2, 0) is 9.59 Å². The van der Waals surface area contributed by atoms with Crippen LogP contribution in [0.3, 0.4) is 0 Å². The van der Waals surface area contributed by atoms with Gasteiger partial charge in [-0.3, -0.25) is 20.0 Å². The fourth-order valence-electron chi connectivity index (χ4n) is 0.974. The van der Waals surface area contributed by atoms with Crippen molar-refractivity contribution in [2.45, 2.75) is 25.9 Å². The van der Waals surface area contributed by atoms with E-state index in [9.17, 15) is 9.59 Å². The molecule has 2 amide bonds. The maximum absolute atomic E-state index is 11.0. The van der Waals surface area contributed by atoms with Crippen LogP contribution in [0.4, 0.5) is 0 Å². The van der Waals surface area contributed by atoms with Gasteiger partial charge in [-0.05, 0) is 13.8 Å². The van der Waals surface area contributed by atoms with Crippen LogP contribution in [0.5, 0.6) is 0 Å². The molecule has 0 saturated carbocycles. The number of carbonyl (C=O) groups is 2. The molecule has 68 valence electrons. The van der Waals surface area contributed by atoms with Crippen LogP contribution in [-0.4, -0.2) is 44.4 Å². The smallest absolute Gasteiger partial charge is 0.271 e. The molecule has 12 heavy (non-hydrogen) atoms. The van der Waals surface area contributed by atoms with Crippen LogP contribution in [0.1, 0.15) is 13.8 Å². The number of nitrogens with zero attached hydrogens (tertiary/aromatic N) is 2. The lowest BCUT2D eigenvalue weighted by atomic mass is 10.1. The van der Waals surface area contributed by atoms with Crippen LogP contribution >= 0.6 is 0 Å². The lowest BCUT2D eigenvalue weighted by Gasteiger charge is -2.35. The third-order valence-electron chi connectivity index (χ3n) is 1.90. The summed E-state index contributed by atoms with van der Waals surface area (Å²) in [5.41, 5.74) is 0. The molecule has 0 radical (unpaired) electrons. The Kier molecular flexibility index (Phi) is 2.03. The van der Waals surface area contributed by atoms with Crippen molar-refractivity contribution in [1.82, 2.24) is 10.1 Å². The Hall–Kier alpha value is -1.14. The SMILES string of the molecule is C[C@H]1C(=O)N(O)[C@@H](C)C(=O)N1O. The summed E-state index contributed by atoms with van der Waals surface area (Å²) < 4.78 is 0. The van der Waals surface area contributed by atoms with Gasteiger partial charge in [0.15, 0.2) is 0 Å². The lowest BCUT2D eigenvalue weighted by Crippen LogP contribution is -2.60. The van der Waals surface area contributed by atoms with E-state index in [-0.39, 0.29) is 0 Å². The first kappa shape index (κ1) is 8.95. The zero-order valence-corrected chi connectivity index (χ0v) is 6.76. The molecule has 0 aromatic carbocycles. The van der Waals surface area contributed by atoms with Crippen molar-refractivity contribution in [2.24, 2.45) is 0 Å². The summed E-state index contributed by atoms with van der Waals surface area (Å²) in [6.07, 6.45) is 0. The van der Waals surface area contributed by atoms with Crippen LogP contribution in [0, 0.1) is 0 Å². The average molecular weight is 174 g/mol. The molecular weight excluding hydrogens is 164 g/mol. The summed E-state index contributed by atoms with van der Waals surface area (Å²) in [5.74, 6) is -1.38. The molecular formula is C6H10N2O4. The zero-order valence-electron chi connectivity index (χ0n) is 6.76. The largest absolute Gasteiger partial charge is 0.285 e. The number of rotatable bonds is 0. The Labute approximate surface area is 68.9 Å². The van der Waals surface area contributed by atoms with Crippen LogP contribution < -0.4 is 0 Å². The van der Waals surface area contributed by atoms with Gasteiger partial charge in [0.2, 0.25) is 0 Å². The highest BCUT2D eigenvalue weighted by Gasteiger charge is 2.41. The van der Waals surface area contributed by atoms with E-state index in [0.29, 0.717) is 10.1 Å². The van der Waals surface area contributed by atoms with E-state index in [1.54, 1.807) is 0 Å².